The minimum atomic E-state index is -0.417. The van der Waals surface area contributed by atoms with Gasteiger partial charge in [0.15, 0.2) is 0 Å². The fourth-order valence-corrected chi connectivity index (χ4v) is 3.35. The lowest BCUT2D eigenvalue weighted by atomic mass is 10.0. The van der Waals surface area contributed by atoms with Crippen molar-refractivity contribution in [2.24, 2.45) is 0 Å². The molecule has 0 radical (unpaired) electrons. The quantitative estimate of drug-likeness (QED) is 0.790. The Kier molecular flexibility index (Phi) is 6.29. The van der Waals surface area contributed by atoms with Gasteiger partial charge in [-0.25, -0.2) is 4.79 Å². The van der Waals surface area contributed by atoms with Crippen LogP contribution >= 0.6 is 0 Å². The number of piperidine rings is 1. The van der Waals surface area contributed by atoms with E-state index < -0.39 is 5.97 Å². The smallest absolute Gasteiger partial charge is 0.354 e. The Morgan fingerprint density at radius 3 is 2.89 bits per heavy atom. The molecule has 1 aliphatic rings. The van der Waals surface area contributed by atoms with E-state index in [-0.39, 0.29) is 12.0 Å². The number of H-pyrrole nitrogens is 1. The molecule has 1 aliphatic heterocycles. The van der Waals surface area contributed by atoms with Crippen molar-refractivity contribution in [3.63, 3.8) is 0 Å². The number of rotatable bonds is 6. The highest BCUT2D eigenvalue weighted by atomic mass is 16.5. The van der Waals surface area contributed by atoms with E-state index in [0.29, 0.717) is 17.8 Å². The molecule has 1 atom stereocenters. The number of aromatic amines is 1. The zero-order valence-electron chi connectivity index (χ0n) is 15.9. The molecule has 1 unspecified atom stereocenters. The largest absolute Gasteiger partial charge is 0.464 e. The number of nitrogens with zero attached hydrogens (tertiary/aromatic N) is 1. The van der Waals surface area contributed by atoms with E-state index in [0.717, 1.165) is 43.5 Å². The molecule has 27 heavy (non-hydrogen) atoms. The molecule has 0 aliphatic carbocycles. The average molecular weight is 370 g/mol. The maximum Gasteiger partial charge on any atom is 0.354 e. The highest BCUT2D eigenvalue weighted by Gasteiger charge is 2.25. The highest BCUT2D eigenvalue weighted by molar-refractivity contribution is 5.96. The highest BCUT2D eigenvalue weighted by Crippen LogP contribution is 2.23. The summed E-state index contributed by atoms with van der Waals surface area (Å²) in [6, 6.07) is 9.21. The number of amides is 1. The third-order valence-corrected chi connectivity index (χ3v) is 4.75. The second-order valence-corrected chi connectivity index (χ2v) is 6.76. The van der Waals surface area contributed by atoms with Crippen molar-refractivity contribution >= 4 is 11.9 Å². The minimum absolute atomic E-state index is 0.0189. The first-order valence-electron chi connectivity index (χ1n) is 9.40. The molecule has 144 valence electrons. The number of esters is 1. The topological polar surface area (TPSA) is 71.6 Å². The van der Waals surface area contributed by atoms with E-state index in [1.807, 2.05) is 29.2 Å². The number of carbonyl (C=O) groups excluding carboxylic acids is 2. The van der Waals surface area contributed by atoms with Gasteiger partial charge in [-0.1, -0.05) is 19.1 Å². The maximum atomic E-state index is 13.0. The number of carbonyl (C=O) groups is 2. The number of hydrogen-bond donors (Lipinski definition) is 1. The molecule has 1 fully saturated rings. The van der Waals surface area contributed by atoms with Gasteiger partial charge >= 0.3 is 5.97 Å². The Balaban J connectivity index is 1.74. The lowest BCUT2D eigenvalue weighted by Gasteiger charge is -2.32. The Hall–Kier alpha value is -2.60. The molecule has 3 rings (SSSR count). The SMILES string of the molecule is CCCOC1CCCN(C(=O)c2cccc(-c3c[nH]c(C(=O)OC)c3)c2)C1. The lowest BCUT2D eigenvalue weighted by Crippen LogP contribution is -2.43. The van der Waals surface area contributed by atoms with Crippen LogP contribution in [0.25, 0.3) is 11.1 Å². The number of likely N-dealkylation sites (tertiary alicyclic amines) is 1. The summed E-state index contributed by atoms with van der Waals surface area (Å²) in [6.45, 7) is 4.22. The number of hydrogen-bond acceptors (Lipinski definition) is 4. The summed E-state index contributed by atoms with van der Waals surface area (Å²) < 4.78 is 10.6. The maximum absolute atomic E-state index is 13.0. The van der Waals surface area contributed by atoms with Gasteiger partial charge in [0.1, 0.15) is 5.69 Å². The Labute approximate surface area is 159 Å². The molecule has 2 aromatic rings. The first-order chi connectivity index (χ1) is 13.1. The van der Waals surface area contributed by atoms with Gasteiger partial charge in [-0.2, -0.15) is 0 Å². The van der Waals surface area contributed by atoms with Crippen LogP contribution in [0, 0.1) is 0 Å². The van der Waals surface area contributed by atoms with Crippen LogP contribution in [0.15, 0.2) is 36.5 Å². The molecular weight excluding hydrogens is 344 g/mol. The number of benzene rings is 1. The van der Waals surface area contributed by atoms with Gasteiger partial charge in [0.2, 0.25) is 0 Å². The van der Waals surface area contributed by atoms with Crippen LogP contribution in [0.3, 0.4) is 0 Å². The predicted octanol–water partition coefficient (Wildman–Crippen LogP) is 3.50. The number of nitrogens with one attached hydrogen (secondary N) is 1. The van der Waals surface area contributed by atoms with Crippen molar-refractivity contribution in [1.29, 1.82) is 0 Å². The summed E-state index contributed by atoms with van der Waals surface area (Å²) in [4.78, 5) is 29.4. The van der Waals surface area contributed by atoms with Crippen LogP contribution in [-0.4, -0.2) is 54.7 Å². The first kappa shape index (κ1) is 19.2. The van der Waals surface area contributed by atoms with Crippen molar-refractivity contribution in [2.75, 3.05) is 26.8 Å². The van der Waals surface area contributed by atoms with E-state index in [9.17, 15) is 9.59 Å². The predicted molar refractivity (Wildman–Crippen MR) is 103 cm³/mol. The van der Waals surface area contributed by atoms with Crippen LogP contribution in [0.2, 0.25) is 0 Å². The summed E-state index contributed by atoms with van der Waals surface area (Å²) in [5, 5.41) is 0. The molecule has 1 aromatic carbocycles. The Bertz CT molecular complexity index is 799. The van der Waals surface area contributed by atoms with Gasteiger partial charge < -0.3 is 19.4 Å². The van der Waals surface area contributed by atoms with Crippen LogP contribution < -0.4 is 0 Å². The molecule has 6 heteroatoms. The molecule has 2 heterocycles. The third-order valence-electron chi connectivity index (χ3n) is 4.75. The zero-order chi connectivity index (χ0) is 19.2. The standard InChI is InChI=1S/C21H26N2O4/c1-3-10-27-18-8-5-9-23(14-18)20(24)16-7-4-6-15(11-16)17-12-19(22-13-17)21(25)26-2/h4,6-7,11-13,18,22H,3,5,8-10,14H2,1-2H3. The monoisotopic (exact) mass is 370 g/mol. The minimum Gasteiger partial charge on any atom is -0.464 e. The van der Waals surface area contributed by atoms with E-state index >= 15 is 0 Å². The van der Waals surface area contributed by atoms with Crippen LogP contribution in [0.4, 0.5) is 0 Å². The van der Waals surface area contributed by atoms with E-state index in [4.69, 9.17) is 9.47 Å². The van der Waals surface area contributed by atoms with Crippen molar-refractivity contribution in [3.05, 3.63) is 47.8 Å². The molecule has 0 spiro atoms. The molecule has 1 amide bonds. The third kappa shape index (κ3) is 4.57. The van der Waals surface area contributed by atoms with Crippen molar-refractivity contribution < 1.29 is 19.1 Å². The average Bonchev–Trinajstić information content (AvgIpc) is 3.22. The summed E-state index contributed by atoms with van der Waals surface area (Å²) in [5.74, 6) is -0.398. The van der Waals surface area contributed by atoms with Crippen LogP contribution in [0.5, 0.6) is 0 Å². The summed E-state index contributed by atoms with van der Waals surface area (Å²) in [5.41, 5.74) is 2.75. The Morgan fingerprint density at radius 2 is 2.11 bits per heavy atom. The van der Waals surface area contributed by atoms with Gasteiger partial charge in [-0.15, -0.1) is 0 Å². The first-order valence-corrected chi connectivity index (χ1v) is 9.40. The van der Waals surface area contributed by atoms with Crippen molar-refractivity contribution in [2.45, 2.75) is 32.3 Å². The van der Waals surface area contributed by atoms with E-state index in [1.165, 1.54) is 7.11 Å². The summed E-state index contributed by atoms with van der Waals surface area (Å²) >= 11 is 0. The van der Waals surface area contributed by atoms with Crippen molar-refractivity contribution in [1.82, 2.24) is 9.88 Å². The molecule has 0 saturated carbocycles. The van der Waals surface area contributed by atoms with Gasteiger partial charge in [-0.05, 0) is 43.0 Å². The van der Waals surface area contributed by atoms with Crippen LogP contribution in [-0.2, 0) is 9.47 Å². The molecule has 6 nitrogen and oxygen atoms in total. The van der Waals surface area contributed by atoms with Gasteiger partial charge in [0.05, 0.1) is 13.2 Å². The molecule has 0 bridgehead atoms. The molecule has 1 saturated heterocycles. The second kappa shape index (κ2) is 8.86. The summed E-state index contributed by atoms with van der Waals surface area (Å²) in [7, 11) is 1.35. The lowest BCUT2D eigenvalue weighted by molar-refractivity contribution is 0.00211. The normalized spacial score (nSPS) is 17.0. The fourth-order valence-electron chi connectivity index (χ4n) is 3.35. The summed E-state index contributed by atoms with van der Waals surface area (Å²) in [6.07, 6.45) is 4.81. The van der Waals surface area contributed by atoms with Gasteiger partial charge in [0.25, 0.3) is 5.91 Å². The van der Waals surface area contributed by atoms with Crippen molar-refractivity contribution in [3.8, 4) is 11.1 Å². The van der Waals surface area contributed by atoms with Gasteiger partial charge in [0, 0.05) is 37.0 Å². The fraction of sp³-hybridized carbons (Fsp3) is 0.429. The van der Waals surface area contributed by atoms with Gasteiger partial charge in [-0.3, -0.25) is 4.79 Å². The molecular formula is C21H26N2O4. The molecule has 1 aromatic heterocycles. The number of methoxy groups -OCH3 is 1. The van der Waals surface area contributed by atoms with E-state index in [2.05, 4.69) is 11.9 Å². The Morgan fingerprint density at radius 1 is 1.26 bits per heavy atom. The van der Waals surface area contributed by atoms with Crippen LogP contribution in [0.1, 0.15) is 47.0 Å². The second-order valence-electron chi connectivity index (χ2n) is 6.76. The van der Waals surface area contributed by atoms with E-state index in [1.54, 1.807) is 12.3 Å². The number of aromatic nitrogens is 1. The number of ether oxygens (including phenoxy) is 2. The zero-order valence-corrected chi connectivity index (χ0v) is 15.9. The molecule has 1 N–H and O–H groups in total.